The number of Topliss-reactive ketones (excluding diaryl/α,β-unsaturated/α-hetero) is 1. The predicted molar refractivity (Wildman–Crippen MR) is 144 cm³/mol. The van der Waals surface area contributed by atoms with Crippen molar-refractivity contribution in [3.63, 3.8) is 0 Å². The molecular formula is C27H37ClN2O5S. The maximum Gasteiger partial charge on any atom is 0.261 e. The molecule has 0 radical (unpaired) electrons. The van der Waals surface area contributed by atoms with Crippen LogP contribution in [0.1, 0.15) is 59.1 Å². The van der Waals surface area contributed by atoms with Gasteiger partial charge in [0.05, 0.1) is 23.8 Å². The SMILES string of the molecule is CCCC[C@H](NC(=O)[C@H](CC(C)C)NC(=O)C(C)Oc1ccc(Cl)cc1)C(=O)CSCc1ccco1. The molecule has 1 aromatic heterocycles. The summed E-state index contributed by atoms with van der Waals surface area (Å²) < 4.78 is 11.0. The Balaban J connectivity index is 1.99. The van der Waals surface area contributed by atoms with Crippen molar-refractivity contribution in [3.8, 4) is 5.75 Å². The number of benzene rings is 1. The average molecular weight is 537 g/mol. The Morgan fingerprint density at radius 3 is 2.33 bits per heavy atom. The number of amides is 2. The minimum Gasteiger partial charge on any atom is -0.481 e. The van der Waals surface area contributed by atoms with Crippen LogP contribution in [-0.4, -0.2) is 41.5 Å². The Kier molecular flexibility index (Phi) is 12.9. The molecule has 2 amide bonds. The van der Waals surface area contributed by atoms with Crippen molar-refractivity contribution in [2.24, 2.45) is 5.92 Å². The van der Waals surface area contributed by atoms with E-state index in [1.807, 2.05) is 32.9 Å². The molecule has 0 aliphatic carbocycles. The predicted octanol–water partition coefficient (Wildman–Crippen LogP) is 5.41. The standard InChI is InChI=1S/C27H37ClN2O5S/c1-5-6-9-23(25(31)17-36-16-22-8-7-14-34-22)29-27(33)24(15-18(2)3)30-26(32)19(4)35-21-12-10-20(28)11-13-21/h7-8,10-14,18-19,23-24H,5-6,9,15-17H2,1-4H3,(H,29,33)(H,30,32)/t19?,23-,24-/m0/s1. The molecule has 2 N–H and O–H groups in total. The van der Waals surface area contributed by atoms with Gasteiger partial charge in [0.15, 0.2) is 11.9 Å². The first-order valence-corrected chi connectivity index (χ1v) is 13.9. The van der Waals surface area contributed by atoms with Crippen LogP contribution in [0.25, 0.3) is 0 Å². The molecule has 1 heterocycles. The minimum atomic E-state index is -0.816. The summed E-state index contributed by atoms with van der Waals surface area (Å²) in [6.07, 6.45) is 3.50. The van der Waals surface area contributed by atoms with E-state index in [1.54, 1.807) is 37.5 Å². The van der Waals surface area contributed by atoms with Gasteiger partial charge in [-0.2, -0.15) is 0 Å². The van der Waals surface area contributed by atoms with E-state index in [9.17, 15) is 14.4 Å². The van der Waals surface area contributed by atoms with Crippen LogP contribution in [-0.2, 0) is 20.1 Å². The topological polar surface area (TPSA) is 97.6 Å². The van der Waals surface area contributed by atoms with Crippen molar-refractivity contribution in [1.29, 1.82) is 0 Å². The lowest BCUT2D eigenvalue weighted by molar-refractivity contribution is -0.134. The van der Waals surface area contributed by atoms with E-state index in [4.69, 9.17) is 20.8 Å². The van der Waals surface area contributed by atoms with Crippen molar-refractivity contribution in [2.75, 3.05) is 5.75 Å². The fourth-order valence-corrected chi connectivity index (χ4v) is 4.50. The second-order valence-corrected chi connectivity index (χ2v) is 10.6. The summed E-state index contributed by atoms with van der Waals surface area (Å²) in [5.41, 5.74) is 0. The molecule has 9 heteroatoms. The molecule has 2 rings (SSSR count). The van der Waals surface area contributed by atoms with Gasteiger partial charge in [-0.15, -0.1) is 11.8 Å². The largest absolute Gasteiger partial charge is 0.481 e. The zero-order valence-corrected chi connectivity index (χ0v) is 23.0. The fourth-order valence-electron chi connectivity index (χ4n) is 3.50. The van der Waals surface area contributed by atoms with Gasteiger partial charge in [-0.05, 0) is 62.1 Å². The Morgan fingerprint density at radius 2 is 1.72 bits per heavy atom. The normalized spacial score (nSPS) is 13.6. The van der Waals surface area contributed by atoms with Crippen LogP contribution in [0.4, 0.5) is 0 Å². The summed E-state index contributed by atoms with van der Waals surface area (Å²) in [7, 11) is 0. The van der Waals surface area contributed by atoms with E-state index < -0.39 is 24.1 Å². The molecule has 0 aliphatic heterocycles. The molecule has 0 aliphatic rings. The fraction of sp³-hybridized carbons (Fsp3) is 0.519. The molecule has 36 heavy (non-hydrogen) atoms. The van der Waals surface area contributed by atoms with Gasteiger partial charge in [0.1, 0.15) is 17.6 Å². The number of carbonyl (C=O) groups is 3. The Bertz CT molecular complexity index is 950. The van der Waals surface area contributed by atoms with Crippen LogP contribution in [0.2, 0.25) is 5.02 Å². The number of halogens is 1. The first kappa shape index (κ1) is 29.8. The molecule has 1 aromatic carbocycles. The monoisotopic (exact) mass is 536 g/mol. The molecule has 0 fully saturated rings. The Labute approximate surface area is 223 Å². The molecule has 198 valence electrons. The Hall–Kier alpha value is -2.45. The van der Waals surface area contributed by atoms with Gasteiger partial charge >= 0.3 is 0 Å². The van der Waals surface area contributed by atoms with Gasteiger partial charge in [-0.1, -0.05) is 45.2 Å². The van der Waals surface area contributed by atoms with Crippen molar-refractivity contribution in [2.45, 2.75) is 77.3 Å². The lowest BCUT2D eigenvalue weighted by Gasteiger charge is -2.25. The lowest BCUT2D eigenvalue weighted by Crippen LogP contribution is -2.54. The van der Waals surface area contributed by atoms with E-state index in [2.05, 4.69) is 10.6 Å². The molecule has 0 bridgehead atoms. The van der Waals surface area contributed by atoms with Gasteiger partial charge in [0.2, 0.25) is 5.91 Å². The minimum absolute atomic E-state index is 0.0394. The molecule has 2 aromatic rings. The number of furan rings is 1. The molecule has 3 atom stereocenters. The summed E-state index contributed by atoms with van der Waals surface area (Å²) in [5.74, 6) is 1.51. The number of ether oxygens (including phenoxy) is 1. The summed E-state index contributed by atoms with van der Waals surface area (Å²) in [6.45, 7) is 7.62. The van der Waals surface area contributed by atoms with Crippen molar-refractivity contribution >= 4 is 41.0 Å². The van der Waals surface area contributed by atoms with E-state index in [0.29, 0.717) is 29.4 Å². The molecular weight excluding hydrogens is 500 g/mol. The van der Waals surface area contributed by atoms with Gasteiger partial charge in [0, 0.05) is 5.02 Å². The number of ketones is 1. The van der Waals surface area contributed by atoms with Crippen molar-refractivity contribution < 1.29 is 23.5 Å². The highest BCUT2D eigenvalue weighted by molar-refractivity contribution is 7.99. The quantitative estimate of drug-likeness (QED) is 0.298. The van der Waals surface area contributed by atoms with Crippen LogP contribution in [0, 0.1) is 5.92 Å². The maximum atomic E-state index is 13.2. The summed E-state index contributed by atoms with van der Waals surface area (Å²) in [5, 5.41) is 6.29. The highest BCUT2D eigenvalue weighted by Gasteiger charge is 2.28. The first-order valence-electron chi connectivity index (χ1n) is 12.3. The third-order valence-electron chi connectivity index (χ3n) is 5.46. The van der Waals surface area contributed by atoms with Gasteiger partial charge in [-0.25, -0.2) is 0 Å². The second-order valence-electron chi connectivity index (χ2n) is 9.15. The van der Waals surface area contributed by atoms with Crippen LogP contribution in [0.5, 0.6) is 5.75 Å². The average Bonchev–Trinajstić information content (AvgIpc) is 3.35. The smallest absolute Gasteiger partial charge is 0.261 e. The van der Waals surface area contributed by atoms with Gasteiger partial charge in [0.25, 0.3) is 5.91 Å². The molecule has 0 saturated heterocycles. The van der Waals surface area contributed by atoms with E-state index in [0.717, 1.165) is 18.6 Å². The highest BCUT2D eigenvalue weighted by Crippen LogP contribution is 2.18. The molecule has 0 spiro atoms. The van der Waals surface area contributed by atoms with Gasteiger partial charge < -0.3 is 19.8 Å². The van der Waals surface area contributed by atoms with E-state index in [1.165, 1.54) is 11.8 Å². The van der Waals surface area contributed by atoms with Crippen LogP contribution >= 0.6 is 23.4 Å². The number of hydrogen-bond donors (Lipinski definition) is 2. The summed E-state index contributed by atoms with van der Waals surface area (Å²) in [6, 6.07) is 9.01. The third-order valence-corrected chi connectivity index (χ3v) is 6.69. The number of nitrogens with one attached hydrogen (secondary N) is 2. The van der Waals surface area contributed by atoms with Crippen molar-refractivity contribution in [3.05, 3.63) is 53.4 Å². The number of carbonyl (C=O) groups excluding carboxylic acids is 3. The number of hydrogen-bond acceptors (Lipinski definition) is 6. The first-order chi connectivity index (χ1) is 17.2. The second kappa shape index (κ2) is 15.6. The maximum absolute atomic E-state index is 13.2. The van der Waals surface area contributed by atoms with Crippen LogP contribution in [0.15, 0.2) is 47.1 Å². The molecule has 1 unspecified atom stereocenters. The van der Waals surface area contributed by atoms with Crippen molar-refractivity contribution in [1.82, 2.24) is 10.6 Å². The lowest BCUT2D eigenvalue weighted by atomic mass is 10.0. The zero-order valence-electron chi connectivity index (χ0n) is 21.4. The van der Waals surface area contributed by atoms with Gasteiger partial charge in [-0.3, -0.25) is 14.4 Å². The Morgan fingerprint density at radius 1 is 1.03 bits per heavy atom. The summed E-state index contributed by atoms with van der Waals surface area (Å²) >= 11 is 7.35. The highest BCUT2D eigenvalue weighted by atomic mass is 35.5. The number of unbranched alkanes of at least 4 members (excludes halogenated alkanes) is 1. The molecule has 0 saturated carbocycles. The van der Waals surface area contributed by atoms with E-state index in [-0.39, 0.29) is 23.4 Å². The van der Waals surface area contributed by atoms with Crippen LogP contribution < -0.4 is 15.4 Å². The number of thioether (sulfide) groups is 1. The summed E-state index contributed by atoms with van der Waals surface area (Å²) in [4.78, 5) is 39.0. The number of rotatable bonds is 16. The third kappa shape index (κ3) is 10.7. The van der Waals surface area contributed by atoms with Crippen LogP contribution in [0.3, 0.4) is 0 Å². The molecule has 7 nitrogen and oxygen atoms in total. The van der Waals surface area contributed by atoms with E-state index >= 15 is 0 Å². The zero-order chi connectivity index (χ0) is 26.5.